The van der Waals surface area contributed by atoms with E-state index in [-0.39, 0.29) is 12.1 Å². The lowest BCUT2D eigenvalue weighted by molar-refractivity contribution is 0.177. The highest BCUT2D eigenvalue weighted by molar-refractivity contribution is 9.10. The first-order valence-electron chi connectivity index (χ1n) is 4.42. The summed E-state index contributed by atoms with van der Waals surface area (Å²) in [7, 11) is 0. The molecule has 1 atom stereocenters. The van der Waals surface area contributed by atoms with Gasteiger partial charge in [-0.2, -0.15) is 0 Å². The molecule has 1 aromatic carbocycles. The molecule has 0 radical (unpaired) electrons. The molecule has 0 spiro atoms. The van der Waals surface area contributed by atoms with Gasteiger partial charge in [0, 0.05) is 4.47 Å². The van der Waals surface area contributed by atoms with E-state index in [9.17, 15) is 4.79 Å². The molecule has 1 unspecified atom stereocenters. The average molecular weight is 256 g/mol. The van der Waals surface area contributed by atoms with Crippen LogP contribution in [0.2, 0.25) is 0 Å². The maximum Gasteiger partial charge on any atom is 0.407 e. The van der Waals surface area contributed by atoms with Gasteiger partial charge < -0.3 is 10.1 Å². The van der Waals surface area contributed by atoms with Crippen LogP contribution in [0.5, 0.6) is 0 Å². The number of amides is 1. The summed E-state index contributed by atoms with van der Waals surface area (Å²) in [4.78, 5) is 10.8. The van der Waals surface area contributed by atoms with Crippen LogP contribution in [-0.4, -0.2) is 18.7 Å². The number of hydrogen-bond donors (Lipinski definition) is 1. The molecule has 3 nitrogen and oxygen atoms in total. The maximum atomic E-state index is 10.8. The number of benzene rings is 1. The van der Waals surface area contributed by atoms with Gasteiger partial charge in [-0.1, -0.05) is 28.1 Å². The molecule has 1 saturated heterocycles. The van der Waals surface area contributed by atoms with E-state index >= 15 is 0 Å². The summed E-state index contributed by atoms with van der Waals surface area (Å²) in [5, 5.41) is 2.75. The maximum absolute atomic E-state index is 10.8. The van der Waals surface area contributed by atoms with Crippen LogP contribution in [0.1, 0.15) is 5.56 Å². The number of ether oxygens (including phenoxy) is 1. The molecule has 2 rings (SSSR count). The monoisotopic (exact) mass is 255 g/mol. The molecule has 14 heavy (non-hydrogen) atoms. The third-order valence-corrected chi connectivity index (χ3v) is 2.60. The van der Waals surface area contributed by atoms with Crippen LogP contribution < -0.4 is 5.32 Å². The highest BCUT2D eigenvalue weighted by atomic mass is 79.9. The number of alkyl carbamates (subject to hydrolysis) is 1. The Bertz CT molecular complexity index is 354. The van der Waals surface area contributed by atoms with Crippen molar-refractivity contribution in [3.05, 3.63) is 34.3 Å². The fourth-order valence-electron chi connectivity index (χ4n) is 1.48. The minimum absolute atomic E-state index is 0.108. The fraction of sp³-hybridized carbons (Fsp3) is 0.300. The Morgan fingerprint density at radius 3 is 3.07 bits per heavy atom. The molecule has 1 aliphatic rings. The summed E-state index contributed by atoms with van der Waals surface area (Å²) in [5.41, 5.74) is 1.19. The molecule has 1 N–H and O–H groups in total. The number of hydrogen-bond acceptors (Lipinski definition) is 2. The van der Waals surface area contributed by atoms with E-state index in [1.54, 1.807) is 0 Å². The van der Waals surface area contributed by atoms with Crippen LogP contribution in [0.15, 0.2) is 28.7 Å². The standard InChI is InChI=1S/C10H10BrNO2/c11-8-3-1-2-7(4-8)5-9-6-14-10(13)12-9/h1-4,9H,5-6H2,(H,12,13). The van der Waals surface area contributed by atoms with Crippen molar-refractivity contribution < 1.29 is 9.53 Å². The zero-order chi connectivity index (χ0) is 9.97. The molecule has 0 aromatic heterocycles. The van der Waals surface area contributed by atoms with E-state index in [1.165, 1.54) is 5.56 Å². The quantitative estimate of drug-likeness (QED) is 0.879. The van der Waals surface area contributed by atoms with Gasteiger partial charge in [0.1, 0.15) is 6.61 Å². The Hall–Kier alpha value is -1.03. The smallest absolute Gasteiger partial charge is 0.407 e. The number of rotatable bonds is 2. The Labute approximate surface area is 90.6 Å². The van der Waals surface area contributed by atoms with Crippen molar-refractivity contribution in [3.63, 3.8) is 0 Å². The third-order valence-electron chi connectivity index (χ3n) is 2.11. The summed E-state index contributed by atoms with van der Waals surface area (Å²) in [5.74, 6) is 0. The van der Waals surface area contributed by atoms with Gasteiger partial charge in [0.05, 0.1) is 6.04 Å². The van der Waals surface area contributed by atoms with Crippen molar-refractivity contribution in [3.8, 4) is 0 Å². The minimum Gasteiger partial charge on any atom is -0.447 e. The average Bonchev–Trinajstić information content (AvgIpc) is 2.51. The van der Waals surface area contributed by atoms with Crippen LogP contribution in [-0.2, 0) is 11.2 Å². The van der Waals surface area contributed by atoms with Crippen molar-refractivity contribution >= 4 is 22.0 Å². The number of carbonyl (C=O) groups excluding carboxylic acids is 1. The summed E-state index contributed by atoms with van der Waals surface area (Å²) >= 11 is 3.40. The SMILES string of the molecule is O=C1NC(Cc2cccc(Br)c2)CO1. The van der Waals surface area contributed by atoms with Crippen LogP contribution >= 0.6 is 15.9 Å². The molecule has 1 aliphatic heterocycles. The first kappa shape index (κ1) is 9.52. The van der Waals surface area contributed by atoms with Gasteiger partial charge in [-0.3, -0.25) is 0 Å². The van der Waals surface area contributed by atoms with Crippen molar-refractivity contribution in [2.45, 2.75) is 12.5 Å². The van der Waals surface area contributed by atoms with Crippen molar-refractivity contribution in [1.82, 2.24) is 5.32 Å². The van der Waals surface area contributed by atoms with Gasteiger partial charge >= 0.3 is 6.09 Å². The van der Waals surface area contributed by atoms with Gasteiger partial charge in [-0.05, 0) is 24.1 Å². The van der Waals surface area contributed by atoms with Crippen molar-refractivity contribution in [1.29, 1.82) is 0 Å². The largest absolute Gasteiger partial charge is 0.447 e. The molecule has 1 aromatic rings. The highest BCUT2D eigenvalue weighted by Crippen LogP contribution is 2.14. The number of cyclic esters (lactones) is 1. The topological polar surface area (TPSA) is 38.3 Å². The summed E-state index contributed by atoms with van der Waals surface area (Å²) < 4.78 is 5.86. The van der Waals surface area contributed by atoms with Gasteiger partial charge in [0.2, 0.25) is 0 Å². The molecular weight excluding hydrogens is 246 g/mol. The molecule has 1 amide bonds. The summed E-state index contributed by atoms with van der Waals surface area (Å²) in [6.07, 6.45) is 0.496. The Kier molecular flexibility index (Phi) is 2.72. The van der Waals surface area contributed by atoms with Crippen LogP contribution in [0, 0.1) is 0 Å². The van der Waals surface area contributed by atoms with Gasteiger partial charge in [-0.25, -0.2) is 4.79 Å². The predicted octanol–water partition coefficient (Wildman–Crippen LogP) is 2.10. The van der Waals surface area contributed by atoms with Crippen molar-refractivity contribution in [2.75, 3.05) is 6.61 Å². The third kappa shape index (κ3) is 2.26. The van der Waals surface area contributed by atoms with Crippen LogP contribution in [0.4, 0.5) is 4.79 Å². The van der Waals surface area contributed by atoms with Crippen molar-refractivity contribution in [2.24, 2.45) is 0 Å². The van der Waals surface area contributed by atoms with Crippen LogP contribution in [0.25, 0.3) is 0 Å². The second kappa shape index (κ2) is 4.00. The number of nitrogens with one attached hydrogen (secondary N) is 1. The van der Waals surface area contributed by atoms with E-state index in [4.69, 9.17) is 4.74 Å². The highest BCUT2D eigenvalue weighted by Gasteiger charge is 2.21. The van der Waals surface area contributed by atoms with E-state index < -0.39 is 0 Å². The molecule has 0 aliphatic carbocycles. The zero-order valence-corrected chi connectivity index (χ0v) is 9.08. The molecule has 1 fully saturated rings. The second-order valence-corrected chi connectivity index (χ2v) is 4.19. The zero-order valence-electron chi connectivity index (χ0n) is 7.50. The molecular formula is C10H10BrNO2. The lowest BCUT2D eigenvalue weighted by Gasteiger charge is -2.06. The number of halogens is 1. The molecule has 1 heterocycles. The molecule has 0 saturated carbocycles. The Morgan fingerprint density at radius 1 is 1.57 bits per heavy atom. The normalized spacial score (nSPS) is 20.4. The summed E-state index contributed by atoms with van der Waals surface area (Å²) in [6, 6.07) is 8.15. The van der Waals surface area contributed by atoms with Gasteiger partial charge in [0.15, 0.2) is 0 Å². The Morgan fingerprint density at radius 2 is 2.43 bits per heavy atom. The first-order chi connectivity index (χ1) is 6.74. The lowest BCUT2D eigenvalue weighted by atomic mass is 10.1. The lowest BCUT2D eigenvalue weighted by Crippen LogP contribution is -2.28. The minimum atomic E-state index is -0.315. The first-order valence-corrected chi connectivity index (χ1v) is 5.21. The Balaban J connectivity index is 2.00. The summed E-state index contributed by atoms with van der Waals surface area (Å²) in [6.45, 7) is 0.464. The molecule has 74 valence electrons. The molecule has 0 bridgehead atoms. The van der Waals surface area contributed by atoms with E-state index in [0.29, 0.717) is 6.61 Å². The second-order valence-electron chi connectivity index (χ2n) is 3.27. The van der Waals surface area contributed by atoms with E-state index in [0.717, 1.165) is 10.9 Å². The van der Waals surface area contributed by atoms with Gasteiger partial charge in [-0.15, -0.1) is 0 Å². The fourth-order valence-corrected chi connectivity index (χ4v) is 1.93. The van der Waals surface area contributed by atoms with E-state index in [2.05, 4.69) is 21.2 Å². The molecule has 4 heteroatoms. The predicted molar refractivity (Wildman–Crippen MR) is 56.1 cm³/mol. The van der Waals surface area contributed by atoms with Gasteiger partial charge in [0.25, 0.3) is 0 Å². The number of carbonyl (C=O) groups is 1. The van der Waals surface area contributed by atoms with Crippen LogP contribution in [0.3, 0.4) is 0 Å². The van der Waals surface area contributed by atoms with E-state index in [1.807, 2.05) is 24.3 Å².